The van der Waals surface area contributed by atoms with Crippen LogP contribution < -0.4 is 9.47 Å². The third-order valence-corrected chi connectivity index (χ3v) is 6.16. The summed E-state index contributed by atoms with van der Waals surface area (Å²) in [6.45, 7) is 5.44. The molecule has 2 heterocycles. The first-order valence-corrected chi connectivity index (χ1v) is 12.7. The molecule has 1 unspecified atom stereocenters. The summed E-state index contributed by atoms with van der Waals surface area (Å²) in [5.41, 5.74) is 1.94. The smallest absolute Gasteiger partial charge is 0.295 e. The highest BCUT2D eigenvalue weighted by atomic mass is 16.5. The van der Waals surface area contributed by atoms with Gasteiger partial charge in [0, 0.05) is 24.5 Å². The number of ketones is 1. The molecule has 1 aliphatic heterocycles. The molecular weight excluding hydrogens is 468 g/mol. The number of pyridine rings is 1. The van der Waals surface area contributed by atoms with E-state index in [-0.39, 0.29) is 17.9 Å². The number of likely N-dealkylation sites (tertiary alicyclic amines) is 1. The highest BCUT2D eigenvalue weighted by Crippen LogP contribution is 2.41. The monoisotopic (exact) mass is 500 g/mol. The van der Waals surface area contributed by atoms with Crippen LogP contribution in [0.4, 0.5) is 0 Å². The van der Waals surface area contributed by atoms with Gasteiger partial charge >= 0.3 is 0 Å². The summed E-state index contributed by atoms with van der Waals surface area (Å²) >= 11 is 0. The molecule has 0 aliphatic carbocycles. The summed E-state index contributed by atoms with van der Waals surface area (Å²) in [4.78, 5) is 32.2. The Bertz CT molecular complexity index is 1250. The van der Waals surface area contributed by atoms with Crippen molar-refractivity contribution in [2.75, 3.05) is 13.2 Å². The maximum atomic E-state index is 13.3. The van der Waals surface area contributed by atoms with E-state index in [4.69, 9.17) is 9.47 Å². The van der Waals surface area contributed by atoms with Crippen LogP contribution in [0.3, 0.4) is 0 Å². The number of aliphatic hydroxyl groups excluding tert-OH is 1. The lowest BCUT2D eigenvalue weighted by Crippen LogP contribution is -2.29. The third-order valence-electron chi connectivity index (χ3n) is 6.16. The van der Waals surface area contributed by atoms with Crippen molar-refractivity contribution in [1.29, 1.82) is 0 Å². The highest BCUT2D eigenvalue weighted by molar-refractivity contribution is 6.46. The lowest BCUT2D eigenvalue weighted by Gasteiger charge is -2.25. The number of ether oxygens (including phenoxy) is 2. The van der Waals surface area contributed by atoms with Crippen LogP contribution >= 0.6 is 0 Å². The fourth-order valence-electron chi connectivity index (χ4n) is 4.27. The fraction of sp³-hybridized carbons (Fsp3) is 0.300. The molecule has 0 saturated carbocycles. The minimum atomic E-state index is -0.786. The van der Waals surface area contributed by atoms with Crippen LogP contribution in [0.2, 0.25) is 0 Å². The Labute approximate surface area is 217 Å². The molecule has 192 valence electrons. The second kappa shape index (κ2) is 12.2. The number of hydrogen-bond donors (Lipinski definition) is 1. The zero-order valence-electron chi connectivity index (χ0n) is 21.2. The summed E-state index contributed by atoms with van der Waals surface area (Å²) in [6.07, 6.45) is 6.14. The second-order valence-corrected chi connectivity index (χ2v) is 8.94. The first-order valence-electron chi connectivity index (χ1n) is 12.7. The van der Waals surface area contributed by atoms with Crippen LogP contribution in [0.25, 0.3) is 5.76 Å². The Morgan fingerprint density at radius 3 is 2.43 bits per heavy atom. The van der Waals surface area contributed by atoms with Crippen molar-refractivity contribution in [2.45, 2.75) is 45.7 Å². The zero-order chi connectivity index (χ0) is 26.2. The Kier molecular flexibility index (Phi) is 8.56. The molecule has 0 bridgehead atoms. The summed E-state index contributed by atoms with van der Waals surface area (Å²) in [5.74, 6) is -0.305. The van der Waals surface area contributed by atoms with Crippen molar-refractivity contribution >= 4 is 17.4 Å². The topological polar surface area (TPSA) is 89.0 Å². The summed E-state index contributed by atoms with van der Waals surface area (Å²) in [5, 5.41) is 11.3. The van der Waals surface area contributed by atoms with E-state index in [1.807, 2.05) is 37.3 Å². The average Bonchev–Trinajstić information content (AvgIpc) is 3.17. The number of unbranched alkanes of at least 4 members (excludes halogenated alkanes) is 1. The molecule has 1 atom stereocenters. The molecule has 7 nitrogen and oxygen atoms in total. The fourth-order valence-corrected chi connectivity index (χ4v) is 4.27. The van der Waals surface area contributed by atoms with Crippen LogP contribution in [0.1, 0.15) is 55.8 Å². The number of nitrogens with zero attached hydrogens (tertiary/aromatic N) is 2. The number of carbonyl (C=O) groups is 2. The summed E-state index contributed by atoms with van der Waals surface area (Å²) in [7, 11) is 0. The van der Waals surface area contributed by atoms with Gasteiger partial charge in [0.1, 0.15) is 17.3 Å². The number of Topliss-reactive ketones (excluding diaryl/α,β-unsaturated/α-hetero) is 1. The Morgan fingerprint density at radius 2 is 1.73 bits per heavy atom. The van der Waals surface area contributed by atoms with Gasteiger partial charge in [-0.2, -0.15) is 0 Å². The molecule has 0 spiro atoms. The minimum absolute atomic E-state index is 0.0428. The first-order chi connectivity index (χ1) is 18.0. The molecule has 3 aromatic rings. The normalized spacial score (nSPS) is 16.7. The van der Waals surface area contributed by atoms with Gasteiger partial charge in [0.15, 0.2) is 0 Å². The number of amides is 1. The van der Waals surface area contributed by atoms with Gasteiger partial charge in [-0.3, -0.25) is 14.6 Å². The number of benzene rings is 2. The van der Waals surface area contributed by atoms with E-state index < -0.39 is 17.7 Å². The zero-order valence-corrected chi connectivity index (χ0v) is 21.2. The van der Waals surface area contributed by atoms with Crippen molar-refractivity contribution in [3.05, 3.63) is 95.3 Å². The van der Waals surface area contributed by atoms with Crippen molar-refractivity contribution < 1.29 is 24.2 Å². The van der Waals surface area contributed by atoms with E-state index >= 15 is 0 Å². The third kappa shape index (κ3) is 6.00. The van der Waals surface area contributed by atoms with E-state index in [1.54, 1.807) is 42.7 Å². The SMILES string of the molecule is CCCCOc1ccc(/C(O)=C2\C(=O)C(=O)N(Cc3cccnc3)C2c2cccc(OCCC)c2)cc1. The minimum Gasteiger partial charge on any atom is -0.507 e. The van der Waals surface area contributed by atoms with Crippen LogP contribution in [-0.4, -0.2) is 39.9 Å². The maximum Gasteiger partial charge on any atom is 0.295 e. The van der Waals surface area contributed by atoms with Gasteiger partial charge < -0.3 is 19.5 Å². The van der Waals surface area contributed by atoms with Crippen LogP contribution in [0, 0.1) is 0 Å². The van der Waals surface area contributed by atoms with Crippen molar-refractivity contribution in [2.24, 2.45) is 0 Å². The Morgan fingerprint density at radius 1 is 0.946 bits per heavy atom. The van der Waals surface area contributed by atoms with Gasteiger partial charge in [-0.05, 0) is 66.4 Å². The van der Waals surface area contributed by atoms with E-state index in [1.165, 1.54) is 4.90 Å². The number of carbonyl (C=O) groups excluding carboxylic acids is 2. The number of rotatable bonds is 11. The average molecular weight is 501 g/mol. The standard InChI is InChI=1S/C30H32N2O5/c1-3-5-17-37-24-13-11-22(12-14-24)28(33)26-27(23-9-6-10-25(18-23)36-16-4-2)32(30(35)29(26)34)20-21-8-7-15-31-19-21/h6-15,18-19,27,33H,3-5,16-17,20H2,1-2H3/b28-26+. The molecule has 1 amide bonds. The van der Waals surface area contributed by atoms with Crippen LogP contribution in [0.15, 0.2) is 78.6 Å². The lowest BCUT2D eigenvalue weighted by molar-refractivity contribution is -0.140. The highest BCUT2D eigenvalue weighted by Gasteiger charge is 2.46. The van der Waals surface area contributed by atoms with Crippen LogP contribution in [0.5, 0.6) is 11.5 Å². The van der Waals surface area contributed by atoms with E-state index in [0.717, 1.165) is 24.8 Å². The first kappa shape index (κ1) is 25.9. The molecule has 4 rings (SSSR count). The molecule has 1 N–H and O–H groups in total. The van der Waals surface area contributed by atoms with E-state index in [2.05, 4.69) is 11.9 Å². The lowest BCUT2D eigenvalue weighted by atomic mass is 9.95. The Balaban J connectivity index is 1.75. The van der Waals surface area contributed by atoms with Crippen molar-refractivity contribution in [3.63, 3.8) is 0 Å². The largest absolute Gasteiger partial charge is 0.507 e. The number of aromatic nitrogens is 1. The van der Waals surface area contributed by atoms with Crippen molar-refractivity contribution in [3.8, 4) is 11.5 Å². The molecular formula is C30H32N2O5. The van der Waals surface area contributed by atoms with Crippen LogP contribution in [-0.2, 0) is 16.1 Å². The summed E-state index contributed by atoms with van der Waals surface area (Å²) < 4.78 is 11.5. The molecule has 7 heteroatoms. The van der Waals surface area contributed by atoms with Gasteiger partial charge in [0.25, 0.3) is 11.7 Å². The molecule has 1 aliphatic rings. The molecule has 37 heavy (non-hydrogen) atoms. The van der Waals surface area contributed by atoms with Gasteiger partial charge in [0.05, 0.1) is 24.8 Å². The number of aliphatic hydroxyl groups is 1. The molecule has 0 radical (unpaired) electrons. The second-order valence-electron chi connectivity index (χ2n) is 8.94. The maximum absolute atomic E-state index is 13.3. The predicted octanol–water partition coefficient (Wildman–Crippen LogP) is 5.67. The Hall–Kier alpha value is -4.13. The van der Waals surface area contributed by atoms with Gasteiger partial charge in [0.2, 0.25) is 0 Å². The van der Waals surface area contributed by atoms with Crippen molar-refractivity contribution in [1.82, 2.24) is 9.88 Å². The van der Waals surface area contributed by atoms with E-state index in [0.29, 0.717) is 35.8 Å². The van der Waals surface area contributed by atoms with Gasteiger partial charge in [-0.25, -0.2) is 0 Å². The molecule has 2 aromatic carbocycles. The summed E-state index contributed by atoms with van der Waals surface area (Å²) in [6, 6.07) is 17.1. The van der Waals surface area contributed by atoms with E-state index in [9.17, 15) is 14.7 Å². The number of hydrogen-bond acceptors (Lipinski definition) is 6. The molecule has 1 aromatic heterocycles. The van der Waals surface area contributed by atoms with Gasteiger partial charge in [-0.15, -0.1) is 0 Å². The molecule has 1 fully saturated rings. The van der Waals surface area contributed by atoms with Gasteiger partial charge in [-0.1, -0.05) is 38.5 Å². The quantitative estimate of drug-likeness (QED) is 0.158. The predicted molar refractivity (Wildman–Crippen MR) is 141 cm³/mol. The molecule has 1 saturated heterocycles.